The molecule has 0 aliphatic heterocycles. The van der Waals surface area contributed by atoms with Crippen LogP contribution in [0.15, 0.2) is 71.6 Å². The minimum atomic E-state index is -3.79. The van der Waals surface area contributed by atoms with E-state index in [9.17, 15) is 13.2 Å². The minimum Gasteiger partial charge on any atom is -0.308 e. The number of anilines is 3. The van der Waals surface area contributed by atoms with E-state index in [1.54, 1.807) is 42.5 Å². The fourth-order valence-electron chi connectivity index (χ4n) is 2.41. The lowest BCUT2D eigenvalue weighted by atomic mass is 10.2. The van der Waals surface area contributed by atoms with Crippen LogP contribution in [0.25, 0.3) is 0 Å². The first kappa shape index (κ1) is 21.0. The average molecular weight is 450 g/mol. The topological polar surface area (TPSA) is 87.3 Å². The van der Waals surface area contributed by atoms with Crippen molar-refractivity contribution in [1.82, 2.24) is 0 Å². The normalized spacial score (nSPS) is 11.0. The number of aryl methyl sites for hydroxylation is 1. The molecule has 0 aliphatic carbocycles. The summed E-state index contributed by atoms with van der Waals surface area (Å²) in [7, 11) is -3.79. The monoisotopic (exact) mass is 449 g/mol. The highest BCUT2D eigenvalue weighted by atomic mass is 35.5. The number of hydrogen-bond donors (Lipinski definition) is 3. The van der Waals surface area contributed by atoms with Gasteiger partial charge >= 0.3 is 6.03 Å². The molecule has 6 nitrogen and oxygen atoms in total. The van der Waals surface area contributed by atoms with Crippen LogP contribution in [0.5, 0.6) is 0 Å². The molecule has 0 fully saturated rings. The van der Waals surface area contributed by atoms with Crippen molar-refractivity contribution in [2.45, 2.75) is 11.8 Å². The van der Waals surface area contributed by atoms with Gasteiger partial charge in [-0.05, 0) is 73.2 Å². The van der Waals surface area contributed by atoms with Crippen molar-refractivity contribution in [3.63, 3.8) is 0 Å². The van der Waals surface area contributed by atoms with Crippen LogP contribution in [0.1, 0.15) is 5.56 Å². The summed E-state index contributed by atoms with van der Waals surface area (Å²) < 4.78 is 27.5. The Kier molecular flexibility index (Phi) is 6.32. The molecule has 0 unspecified atom stereocenters. The van der Waals surface area contributed by atoms with Crippen molar-refractivity contribution in [3.05, 3.63) is 82.3 Å². The Bertz CT molecular complexity index is 1130. The van der Waals surface area contributed by atoms with E-state index in [1.807, 2.05) is 6.92 Å². The van der Waals surface area contributed by atoms with Gasteiger partial charge in [-0.25, -0.2) is 13.2 Å². The van der Waals surface area contributed by atoms with Gasteiger partial charge in [0.25, 0.3) is 10.0 Å². The smallest absolute Gasteiger partial charge is 0.308 e. The molecule has 0 aliphatic rings. The molecular formula is C20H17Cl2N3O3S. The number of amides is 2. The third kappa shape index (κ3) is 5.63. The lowest BCUT2D eigenvalue weighted by molar-refractivity contribution is 0.262. The third-order valence-electron chi connectivity index (χ3n) is 3.95. The molecule has 2 amide bonds. The first-order valence-electron chi connectivity index (χ1n) is 8.45. The first-order valence-corrected chi connectivity index (χ1v) is 10.7. The molecule has 3 aromatic carbocycles. The maximum atomic E-state index is 12.5. The number of urea groups is 1. The quantitative estimate of drug-likeness (QED) is 0.463. The highest BCUT2D eigenvalue weighted by molar-refractivity contribution is 7.92. The molecule has 3 aromatic rings. The number of nitrogens with one attached hydrogen (secondary N) is 3. The molecule has 0 radical (unpaired) electrons. The second-order valence-corrected chi connectivity index (χ2v) is 8.71. The van der Waals surface area contributed by atoms with Gasteiger partial charge in [0.2, 0.25) is 0 Å². The zero-order valence-corrected chi connectivity index (χ0v) is 17.6. The maximum Gasteiger partial charge on any atom is 0.323 e. The van der Waals surface area contributed by atoms with E-state index >= 15 is 0 Å². The highest BCUT2D eigenvalue weighted by Crippen LogP contribution is 2.23. The van der Waals surface area contributed by atoms with Gasteiger partial charge < -0.3 is 10.6 Å². The molecule has 9 heteroatoms. The Labute approximate surface area is 178 Å². The second-order valence-electron chi connectivity index (χ2n) is 6.18. The predicted octanol–water partition coefficient (Wildman–Crippen LogP) is 5.75. The van der Waals surface area contributed by atoms with Crippen LogP contribution in [0.3, 0.4) is 0 Å². The number of rotatable bonds is 5. The van der Waals surface area contributed by atoms with Crippen LogP contribution in [-0.4, -0.2) is 14.4 Å². The molecule has 29 heavy (non-hydrogen) atoms. The molecule has 150 valence electrons. The summed E-state index contributed by atoms with van der Waals surface area (Å²) in [6.45, 7) is 1.83. The van der Waals surface area contributed by atoms with Crippen LogP contribution >= 0.6 is 23.2 Å². The van der Waals surface area contributed by atoms with Gasteiger partial charge in [0.05, 0.1) is 10.6 Å². The number of hydrogen-bond acceptors (Lipinski definition) is 3. The summed E-state index contributed by atoms with van der Waals surface area (Å²) in [5.74, 6) is 0. The van der Waals surface area contributed by atoms with Crippen LogP contribution in [0, 0.1) is 6.92 Å². The van der Waals surface area contributed by atoms with Crippen molar-refractivity contribution in [2.75, 3.05) is 15.4 Å². The van der Waals surface area contributed by atoms with E-state index < -0.39 is 16.1 Å². The molecular weight excluding hydrogens is 433 g/mol. The number of halogens is 2. The summed E-state index contributed by atoms with van der Waals surface area (Å²) in [4.78, 5) is 12.1. The molecule has 3 N–H and O–H groups in total. The molecule has 0 heterocycles. The zero-order chi connectivity index (χ0) is 21.0. The Balaban J connectivity index is 1.66. The lowest BCUT2D eigenvalue weighted by Crippen LogP contribution is -2.19. The van der Waals surface area contributed by atoms with Crippen molar-refractivity contribution in [1.29, 1.82) is 0 Å². The van der Waals surface area contributed by atoms with E-state index in [2.05, 4.69) is 15.4 Å². The summed E-state index contributed by atoms with van der Waals surface area (Å²) in [5, 5.41) is 6.32. The fraction of sp³-hybridized carbons (Fsp3) is 0.0500. The Morgan fingerprint density at radius 1 is 0.793 bits per heavy atom. The van der Waals surface area contributed by atoms with Crippen LogP contribution in [0.4, 0.5) is 21.9 Å². The van der Waals surface area contributed by atoms with Crippen molar-refractivity contribution in [3.8, 4) is 0 Å². The highest BCUT2D eigenvalue weighted by Gasteiger charge is 2.15. The number of carbonyl (C=O) groups is 1. The van der Waals surface area contributed by atoms with Gasteiger partial charge in [0.15, 0.2) is 0 Å². The molecule has 0 bridgehead atoms. The Morgan fingerprint density at radius 2 is 1.31 bits per heavy atom. The van der Waals surface area contributed by atoms with E-state index in [1.165, 1.54) is 24.3 Å². The molecule has 0 spiro atoms. The predicted molar refractivity (Wildman–Crippen MR) is 118 cm³/mol. The van der Waals surface area contributed by atoms with Crippen molar-refractivity contribution >= 4 is 56.3 Å². The SMILES string of the molecule is Cc1ccc(NS(=O)(=O)c2ccc(NC(=O)Nc3ccc(Cl)cc3)cc2)cc1Cl. The van der Waals surface area contributed by atoms with Gasteiger partial charge in [0, 0.05) is 21.4 Å². The maximum absolute atomic E-state index is 12.5. The van der Waals surface area contributed by atoms with Crippen LogP contribution in [0.2, 0.25) is 10.0 Å². The Hall–Kier alpha value is -2.74. The molecule has 0 atom stereocenters. The van der Waals surface area contributed by atoms with Gasteiger partial charge in [-0.15, -0.1) is 0 Å². The summed E-state index contributed by atoms with van der Waals surface area (Å²) in [6, 6.07) is 16.9. The number of benzene rings is 3. The third-order valence-corrected chi connectivity index (χ3v) is 6.01. The molecule has 0 saturated heterocycles. The number of sulfonamides is 1. The summed E-state index contributed by atoms with van der Waals surface area (Å²) in [6.07, 6.45) is 0. The van der Waals surface area contributed by atoms with Gasteiger partial charge in [-0.2, -0.15) is 0 Å². The molecule has 3 rings (SSSR count). The largest absolute Gasteiger partial charge is 0.323 e. The number of carbonyl (C=O) groups excluding carboxylic acids is 1. The standard InChI is InChI=1S/C20H17Cl2N3O3S/c1-13-2-5-17(12-19(13)22)25-29(27,28)18-10-8-16(9-11-18)24-20(26)23-15-6-3-14(21)4-7-15/h2-12,25H,1H3,(H2,23,24,26). The van der Waals surface area contributed by atoms with Crippen molar-refractivity contribution < 1.29 is 13.2 Å². The lowest BCUT2D eigenvalue weighted by Gasteiger charge is -2.11. The molecule has 0 saturated carbocycles. The van der Waals surface area contributed by atoms with E-state index in [4.69, 9.17) is 23.2 Å². The second kappa shape index (κ2) is 8.73. The van der Waals surface area contributed by atoms with Gasteiger partial charge in [-0.3, -0.25) is 4.72 Å². The summed E-state index contributed by atoms with van der Waals surface area (Å²) >= 11 is 11.8. The van der Waals surface area contributed by atoms with Gasteiger partial charge in [0.1, 0.15) is 0 Å². The van der Waals surface area contributed by atoms with E-state index in [-0.39, 0.29) is 4.90 Å². The van der Waals surface area contributed by atoms with Crippen LogP contribution in [-0.2, 0) is 10.0 Å². The average Bonchev–Trinajstić information content (AvgIpc) is 2.67. The van der Waals surface area contributed by atoms with Crippen molar-refractivity contribution in [2.24, 2.45) is 0 Å². The van der Waals surface area contributed by atoms with Gasteiger partial charge in [-0.1, -0.05) is 29.3 Å². The van der Waals surface area contributed by atoms with E-state index in [0.717, 1.165) is 5.56 Å². The Morgan fingerprint density at radius 3 is 1.86 bits per heavy atom. The first-order chi connectivity index (χ1) is 13.7. The van der Waals surface area contributed by atoms with Crippen LogP contribution < -0.4 is 15.4 Å². The fourth-order valence-corrected chi connectivity index (χ4v) is 3.77. The molecule has 0 aromatic heterocycles. The summed E-state index contributed by atoms with van der Waals surface area (Å²) in [5.41, 5.74) is 2.23. The van der Waals surface area contributed by atoms with E-state index in [0.29, 0.717) is 27.1 Å². The minimum absolute atomic E-state index is 0.0536. The zero-order valence-electron chi connectivity index (χ0n) is 15.2.